The lowest BCUT2D eigenvalue weighted by Crippen LogP contribution is -2.59. The van der Waals surface area contributed by atoms with E-state index in [1.165, 1.54) is 4.90 Å². The second kappa shape index (κ2) is 17.7. The summed E-state index contributed by atoms with van der Waals surface area (Å²) in [6.07, 6.45) is 9.75. The molecule has 10 atom stereocenters. The summed E-state index contributed by atoms with van der Waals surface area (Å²) in [7, 11) is -2.35. The molecule has 2 aromatic heterocycles. The predicted molar refractivity (Wildman–Crippen MR) is 240 cm³/mol. The number of benzene rings is 1. The van der Waals surface area contributed by atoms with Crippen LogP contribution in [-0.2, 0) is 29.1 Å². The lowest BCUT2D eigenvalue weighted by molar-refractivity contribution is -0.142. The molecule has 4 amide bonds. The van der Waals surface area contributed by atoms with Gasteiger partial charge in [0.25, 0.3) is 5.91 Å². The number of fused-ring (bicyclic) bond motifs is 4. The van der Waals surface area contributed by atoms with Crippen molar-refractivity contribution in [1.82, 2.24) is 30.2 Å². The molecule has 0 spiro atoms. The summed E-state index contributed by atoms with van der Waals surface area (Å²) >= 11 is 0. The number of aromatic nitrogens is 2. The first-order valence-corrected chi connectivity index (χ1v) is 24.7. The normalized spacial score (nSPS) is 31.6. The van der Waals surface area contributed by atoms with Gasteiger partial charge in [-0.25, -0.2) is 18.2 Å². The number of carbonyl (C=O) groups excluding carboxylic acids is 4. The first kappa shape index (κ1) is 44.7. The highest BCUT2D eigenvalue weighted by molar-refractivity contribution is 7.91. The van der Waals surface area contributed by atoms with Gasteiger partial charge in [0.15, 0.2) is 0 Å². The third-order valence-electron chi connectivity index (χ3n) is 14.0. The third kappa shape index (κ3) is 9.75. The predicted octanol–water partition coefficient (Wildman–Crippen LogP) is 5.83. The van der Waals surface area contributed by atoms with Crippen LogP contribution in [-0.4, -0.2) is 102 Å². The van der Waals surface area contributed by atoms with Crippen LogP contribution in [0.2, 0.25) is 0 Å². The molecule has 5 fully saturated rings. The number of nitrogens with one attached hydrogen (secondary N) is 3. The molecule has 1 saturated heterocycles. The number of rotatable bonds is 11. The number of hydrogen-bond acceptors (Lipinski definition) is 12. The van der Waals surface area contributed by atoms with E-state index in [-0.39, 0.29) is 49.3 Å². The molecule has 1 aromatic carbocycles. The highest BCUT2D eigenvalue weighted by atomic mass is 32.2. The monoisotopic (exact) mass is 912 g/mol. The second-order valence-corrected chi connectivity index (χ2v) is 21.5. The van der Waals surface area contributed by atoms with Crippen molar-refractivity contribution in [2.75, 3.05) is 13.7 Å². The van der Waals surface area contributed by atoms with E-state index in [2.05, 4.69) is 27.3 Å². The van der Waals surface area contributed by atoms with Crippen LogP contribution >= 0.6 is 0 Å². The van der Waals surface area contributed by atoms with Gasteiger partial charge in [0, 0.05) is 17.7 Å². The van der Waals surface area contributed by atoms with E-state index in [9.17, 15) is 22.8 Å². The molecule has 3 N–H and O–H groups in total. The van der Waals surface area contributed by atoms with Crippen molar-refractivity contribution in [2.45, 2.75) is 133 Å². The highest BCUT2D eigenvalue weighted by Crippen LogP contribution is 2.52. The summed E-state index contributed by atoms with van der Waals surface area (Å²) in [5, 5.41) is 6.63. The molecule has 65 heavy (non-hydrogen) atoms. The van der Waals surface area contributed by atoms with Crippen LogP contribution in [0.1, 0.15) is 91.9 Å². The first-order chi connectivity index (χ1) is 31.1. The summed E-state index contributed by atoms with van der Waals surface area (Å²) in [5.74, 6) is 0.0667. The number of ether oxygens (including phenoxy) is 4. The molecule has 6 aliphatic rings. The fourth-order valence-corrected chi connectivity index (χ4v) is 11.5. The molecule has 348 valence electrons. The summed E-state index contributed by atoms with van der Waals surface area (Å²) in [5.41, 5.74) is -0.478. The van der Waals surface area contributed by atoms with E-state index in [1.807, 2.05) is 63.3 Å². The van der Waals surface area contributed by atoms with Crippen molar-refractivity contribution < 1.29 is 46.5 Å². The maximum Gasteiger partial charge on any atom is 0.408 e. The fourth-order valence-electron chi connectivity index (χ4n) is 10.1. The number of amides is 4. The molecule has 17 heteroatoms. The molecule has 4 saturated carbocycles. The largest absolute Gasteiger partial charge is 0.497 e. The maximum atomic E-state index is 15.1. The van der Waals surface area contributed by atoms with E-state index in [0.717, 1.165) is 31.1 Å². The number of sulfonamides is 1. The van der Waals surface area contributed by atoms with E-state index >= 15 is 4.79 Å². The standard InChI is InChI=1S/C48H60N6O10S/c1-26(2)62-34-11-15-39(49-24-34)40-21-31-20-33(61-5)10-14-38(31)44(50-40)63-36-22-41-43(55)52-48(46(57)53-65(59,60)37-12-13-37)23-32(48)9-7-6-8-27(3)16-28(4)42(45(56)54(41)25-36)51-47(58)64-35-18-29-17-30(29)19-35/h7,9-11,14-15,20-21,24,26-30,32,35-37,41-42H,6,8,12-13,16-19,22-23,25H2,1-5H3,(H,51,58)(H,52,55)(H,53,57)/b9-7-/t27-,28-,29-,30+,32?,35+,36-,41+,42+,48-/m1/s1. The average Bonchev–Trinajstić information content (AvgIpc) is 4.23. The van der Waals surface area contributed by atoms with Crippen molar-refractivity contribution in [3.8, 4) is 28.8 Å². The average molecular weight is 913 g/mol. The highest BCUT2D eigenvalue weighted by Gasteiger charge is 2.62. The van der Waals surface area contributed by atoms with Gasteiger partial charge >= 0.3 is 6.09 Å². The van der Waals surface area contributed by atoms with Crippen molar-refractivity contribution in [2.24, 2.45) is 29.6 Å². The van der Waals surface area contributed by atoms with Crippen molar-refractivity contribution in [3.05, 3.63) is 54.7 Å². The van der Waals surface area contributed by atoms with E-state index in [4.69, 9.17) is 23.9 Å². The molecule has 16 nitrogen and oxygen atoms in total. The molecule has 4 heterocycles. The number of hydrogen-bond donors (Lipinski definition) is 3. The summed E-state index contributed by atoms with van der Waals surface area (Å²) < 4.78 is 52.4. The zero-order valence-corrected chi connectivity index (χ0v) is 38.5. The van der Waals surface area contributed by atoms with Crippen LogP contribution < -0.4 is 29.6 Å². The smallest absolute Gasteiger partial charge is 0.408 e. The fraction of sp³-hybridized carbons (Fsp3) is 0.583. The second-order valence-electron chi connectivity index (χ2n) is 19.6. The third-order valence-corrected chi connectivity index (χ3v) is 15.8. The van der Waals surface area contributed by atoms with Gasteiger partial charge in [0.05, 0.1) is 42.6 Å². The van der Waals surface area contributed by atoms with Crippen LogP contribution in [0.5, 0.6) is 17.4 Å². The van der Waals surface area contributed by atoms with E-state index in [1.54, 1.807) is 19.4 Å². The number of carbonyl (C=O) groups is 4. The zero-order chi connectivity index (χ0) is 45.8. The number of alkyl carbamates (subject to hydrolysis) is 1. The van der Waals surface area contributed by atoms with Crippen molar-refractivity contribution >= 4 is 44.6 Å². The minimum absolute atomic E-state index is 0.00595. The number of methoxy groups -OCH3 is 1. The van der Waals surface area contributed by atoms with Gasteiger partial charge in [-0.15, -0.1) is 0 Å². The molecule has 2 aliphatic heterocycles. The molecule has 0 bridgehead atoms. The quantitative estimate of drug-likeness (QED) is 0.195. The molecule has 3 aromatic rings. The van der Waals surface area contributed by atoms with Crippen LogP contribution in [0.15, 0.2) is 54.7 Å². The molecular weight excluding hydrogens is 853 g/mol. The number of pyridine rings is 2. The molecular formula is C48H60N6O10S. The Kier molecular flexibility index (Phi) is 12.2. The maximum absolute atomic E-state index is 15.1. The van der Waals surface area contributed by atoms with Gasteiger partial charge in [-0.1, -0.05) is 26.0 Å². The van der Waals surface area contributed by atoms with Crippen LogP contribution in [0, 0.1) is 29.6 Å². The Morgan fingerprint density at radius 1 is 0.938 bits per heavy atom. The Hall–Kier alpha value is -5.45. The Morgan fingerprint density at radius 3 is 2.42 bits per heavy atom. The SMILES string of the molecule is COc1ccc2c(O[C@@H]3C[C@H]4C(=O)N[C@]5(C(=O)NS(=O)(=O)C6CC6)CC5/C=C\CC[C@@H](C)C[C@@H](C)[C@H](NC(=O)O[C@@H]5C[C@@H]6C[C@@H]6C5)C(=O)N4C3)nc(-c3ccc(OC(C)C)cn3)cc2c1. The Labute approximate surface area is 380 Å². The van der Waals surface area contributed by atoms with Gasteiger partial charge in [-0.05, 0) is 137 Å². The summed E-state index contributed by atoms with van der Waals surface area (Å²) in [4.78, 5) is 68.6. The summed E-state index contributed by atoms with van der Waals surface area (Å²) in [6.45, 7) is 7.84. The van der Waals surface area contributed by atoms with Gasteiger partial charge < -0.3 is 34.5 Å². The van der Waals surface area contributed by atoms with Crippen molar-refractivity contribution in [1.29, 1.82) is 0 Å². The molecule has 4 aliphatic carbocycles. The Morgan fingerprint density at radius 2 is 1.71 bits per heavy atom. The van der Waals surface area contributed by atoms with Gasteiger partial charge in [-0.3, -0.25) is 24.1 Å². The zero-order valence-electron chi connectivity index (χ0n) is 37.7. The lowest BCUT2D eigenvalue weighted by Gasteiger charge is -2.33. The Bertz CT molecular complexity index is 2470. The minimum Gasteiger partial charge on any atom is -0.497 e. The number of allylic oxidation sites excluding steroid dienone is 1. The van der Waals surface area contributed by atoms with Crippen LogP contribution in [0.3, 0.4) is 0 Å². The van der Waals surface area contributed by atoms with E-state index in [0.29, 0.717) is 65.8 Å². The number of nitrogens with zero attached hydrogens (tertiary/aromatic N) is 3. The Balaban J connectivity index is 1.05. The molecule has 9 rings (SSSR count). The first-order valence-electron chi connectivity index (χ1n) is 23.2. The van der Waals surface area contributed by atoms with Gasteiger partial charge in [0.2, 0.25) is 27.7 Å². The minimum atomic E-state index is -3.93. The topological polar surface area (TPSA) is 204 Å². The molecule has 1 unspecified atom stereocenters. The van der Waals surface area contributed by atoms with Crippen LogP contribution in [0.25, 0.3) is 22.2 Å². The summed E-state index contributed by atoms with van der Waals surface area (Å²) in [6, 6.07) is 8.79. The van der Waals surface area contributed by atoms with Crippen LogP contribution in [0.4, 0.5) is 4.79 Å². The molecule has 0 radical (unpaired) electrons. The van der Waals surface area contributed by atoms with Gasteiger partial charge in [0.1, 0.15) is 41.3 Å². The van der Waals surface area contributed by atoms with Gasteiger partial charge in [-0.2, -0.15) is 0 Å². The van der Waals surface area contributed by atoms with E-state index < -0.39 is 68.7 Å². The lowest BCUT2D eigenvalue weighted by atomic mass is 9.88. The van der Waals surface area contributed by atoms with Crippen molar-refractivity contribution in [3.63, 3.8) is 0 Å².